The fourth-order valence-electron chi connectivity index (χ4n) is 3.45. The lowest BCUT2D eigenvalue weighted by atomic mass is 10.0. The molecule has 0 saturated carbocycles. The second kappa shape index (κ2) is 8.33. The summed E-state index contributed by atoms with van der Waals surface area (Å²) in [6.07, 6.45) is 0.852. The summed E-state index contributed by atoms with van der Waals surface area (Å²) in [6.45, 7) is 2.97. The van der Waals surface area contributed by atoms with Crippen molar-refractivity contribution in [1.82, 2.24) is 14.7 Å². The van der Waals surface area contributed by atoms with Crippen LogP contribution in [0.15, 0.2) is 18.2 Å². The van der Waals surface area contributed by atoms with Gasteiger partial charge in [0.15, 0.2) is 17.2 Å². The second-order valence-electron chi connectivity index (χ2n) is 6.55. The maximum atomic E-state index is 12.9. The SMILES string of the molecule is CCOC(=O)c1c2c(nn1C)CCN(C(=O)Cc1ccc(OC)c(OC)c1)C2. The first-order chi connectivity index (χ1) is 13.5. The Morgan fingerprint density at radius 1 is 1.18 bits per heavy atom. The molecule has 0 N–H and O–H groups in total. The highest BCUT2D eigenvalue weighted by molar-refractivity contribution is 5.90. The minimum absolute atomic E-state index is 0.0171. The van der Waals surface area contributed by atoms with Gasteiger partial charge in [-0.1, -0.05) is 6.07 Å². The number of fused-ring (bicyclic) bond motifs is 1. The van der Waals surface area contributed by atoms with Crippen molar-refractivity contribution in [2.75, 3.05) is 27.4 Å². The number of aromatic nitrogens is 2. The van der Waals surface area contributed by atoms with Crippen LogP contribution in [-0.4, -0.2) is 53.9 Å². The van der Waals surface area contributed by atoms with Gasteiger partial charge in [-0.3, -0.25) is 9.48 Å². The fourth-order valence-corrected chi connectivity index (χ4v) is 3.45. The highest BCUT2D eigenvalue weighted by atomic mass is 16.5. The average molecular weight is 387 g/mol. The molecular weight excluding hydrogens is 362 g/mol. The molecule has 1 aliphatic rings. The summed E-state index contributed by atoms with van der Waals surface area (Å²) in [6, 6.07) is 5.44. The van der Waals surface area contributed by atoms with E-state index in [9.17, 15) is 9.59 Å². The summed E-state index contributed by atoms with van der Waals surface area (Å²) >= 11 is 0. The zero-order chi connectivity index (χ0) is 20.3. The van der Waals surface area contributed by atoms with E-state index in [0.29, 0.717) is 43.3 Å². The summed E-state index contributed by atoms with van der Waals surface area (Å²) < 4.78 is 17.2. The Hall–Kier alpha value is -3.03. The molecule has 8 heteroatoms. The topological polar surface area (TPSA) is 82.9 Å². The lowest BCUT2D eigenvalue weighted by molar-refractivity contribution is -0.131. The lowest BCUT2D eigenvalue weighted by Gasteiger charge is -2.27. The normalized spacial score (nSPS) is 13.1. The Bertz CT molecular complexity index is 890. The van der Waals surface area contributed by atoms with Crippen molar-refractivity contribution >= 4 is 11.9 Å². The first-order valence-electron chi connectivity index (χ1n) is 9.19. The molecule has 0 spiro atoms. The highest BCUT2D eigenvalue weighted by Crippen LogP contribution is 2.28. The number of hydrogen-bond acceptors (Lipinski definition) is 6. The third kappa shape index (κ3) is 3.81. The van der Waals surface area contributed by atoms with Crippen molar-refractivity contribution in [3.8, 4) is 11.5 Å². The maximum absolute atomic E-state index is 12.9. The van der Waals surface area contributed by atoms with Gasteiger partial charge < -0.3 is 19.1 Å². The van der Waals surface area contributed by atoms with E-state index in [2.05, 4.69) is 5.10 Å². The van der Waals surface area contributed by atoms with Crippen molar-refractivity contribution in [1.29, 1.82) is 0 Å². The molecule has 8 nitrogen and oxygen atoms in total. The van der Waals surface area contributed by atoms with Crippen LogP contribution in [0, 0.1) is 0 Å². The van der Waals surface area contributed by atoms with Gasteiger partial charge in [-0.05, 0) is 24.6 Å². The van der Waals surface area contributed by atoms with E-state index in [0.717, 1.165) is 16.8 Å². The molecular formula is C20H25N3O5. The number of carbonyl (C=O) groups excluding carboxylic acids is 2. The molecule has 28 heavy (non-hydrogen) atoms. The van der Waals surface area contributed by atoms with Crippen LogP contribution in [0.1, 0.15) is 34.2 Å². The van der Waals surface area contributed by atoms with Crippen LogP contribution in [0.4, 0.5) is 0 Å². The first kappa shape index (κ1) is 19.7. The van der Waals surface area contributed by atoms with Crippen molar-refractivity contribution in [3.05, 3.63) is 40.7 Å². The summed E-state index contributed by atoms with van der Waals surface area (Å²) in [4.78, 5) is 26.9. The van der Waals surface area contributed by atoms with E-state index in [4.69, 9.17) is 14.2 Å². The summed E-state index contributed by atoms with van der Waals surface area (Å²) in [7, 11) is 4.86. The molecule has 0 bridgehead atoms. The van der Waals surface area contributed by atoms with Gasteiger partial charge in [0.25, 0.3) is 0 Å². The number of esters is 1. The molecule has 0 radical (unpaired) electrons. The molecule has 1 aromatic heterocycles. The maximum Gasteiger partial charge on any atom is 0.356 e. The van der Waals surface area contributed by atoms with E-state index >= 15 is 0 Å². The van der Waals surface area contributed by atoms with Gasteiger partial charge in [0, 0.05) is 32.1 Å². The number of amides is 1. The summed E-state index contributed by atoms with van der Waals surface area (Å²) in [5, 5.41) is 4.42. The van der Waals surface area contributed by atoms with Crippen LogP contribution in [0.25, 0.3) is 0 Å². The standard InChI is InChI=1S/C20H25N3O5/c1-5-28-20(25)19-14-12-23(9-8-15(14)21-22(19)2)18(24)11-13-6-7-16(26-3)17(10-13)27-4/h6-7,10H,5,8-9,11-12H2,1-4H3. The largest absolute Gasteiger partial charge is 0.493 e. The number of hydrogen-bond donors (Lipinski definition) is 0. The van der Waals surface area contributed by atoms with Gasteiger partial charge in [-0.15, -0.1) is 0 Å². The van der Waals surface area contributed by atoms with Gasteiger partial charge in [0.2, 0.25) is 5.91 Å². The number of ether oxygens (including phenoxy) is 3. The van der Waals surface area contributed by atoms with Crippen LogP contribution in [0.3, 0.4) is 0 Å². The predicted octanol–water partition coefficient (Wildman–Crippen LogP) is 1.74. The number of nitrogens with zero attached hydrogens (tertiary/aromatic N) is 3. The lowest BCUT2D eigenvalue weighted by Crippen LogP contribution is -2.37. The zero-order valence-electron chi connectivity index (χ0n) is 16.7. The minimum Gasteiger partial charge on any atom is -0.493 e. The van der Waals surface area contributed by atoms with Crippen LogP contribution in [0.5, 0.6) is 11.5 Å². The Labute approximate surface area is 164 Å². The highest BCUT2D eigenvalue weighted by Gasteiger charge is 2.30. The molecule has 2 heterocycles. The first-order valence-corrected chi connectivity index (χ1v) is 9.19. The van der Waals surface area contributed by atoms with Gasteiger partial charge >= 0.3 is 5.97 Å². The van der Waals surface area contributed by atoms with Crippen LogP contribution in [0.2, 0.25) is 0 Å². The Balaban J connectivity index is 1.76. The third-order valence-electron chi connectivity index (χ3n) is 4.82. The quantitative estimate of drug-likeness (QED) is 0.702. The van der Waals surface area contributed by atoms with Crippen molar-refractivity contribution in [2.24, 2.45) is 7.05 Å². The van der Waals surface area contributed by atoms with Crippen LogP contribution < -0.4 is 9.47 Å². The Morgan fingerprint density at radius 2 is 1.93 bits per heavy atom. The van der Waals surface area contributed by atoms with E-state index in [1.54, 1.807) is 49.9 Å². The van der Waals surface area contributed by atoms with Gasteiger partial charge in [0.1, 0.15) is 0 Å². The van der Waals surface area contributed by atoms with Crippen molar-refractivity contribution < 1.29 is 23.8 Å². The molecule has 1 aromatic carbocycles. The molecule has 150 valence electrons. The van der Waals surface area contributed by atoms with E-state index < -0.39 is 5.97 Å². The fraction of sp³-hybridized carbons (Fsp3) is 0.450. The summed E-state index contributed by atoms with van der Waals surface area (Å²) in [5.74, 6) is 0.783. The molecule has 0 saturated heterocycles. The monoisotopic (exact) mass is 387 g/mol. The molecule has 1 amide bonds. The van der Waals surface area contributed by atoms with E-state index in [1.165, 1.54) is 0 Å². The molecule has 3 rings (SSSR count). The third-order valence-corrected chi connectivity index (χ3v) is 4.82. The van der Waals surface area contributed by atoms with Gasteiger partial charge in [-0.2, -0.15) is 5.10 Å². The molecule has 2 aromatic rings. The van der Waals surface area contributed by atoms with Crippen LogP contribution in [-0.2, 0) is 36.0 Å². The van der Waals surface area contributed by atoms with Crippen LogP contribution >= 0.6 is 0 Å². The average Bonchev–Trinajstić information content (AvgIpc) is 3.02. The predicted molar refractivity (Wildman–Crippen MR) is 102 cm³/mol. The smallest absolute Gasteiger partial charge is 0.356 e. The number of benzene rings is 1. The summed E-state index contributed by atoms with van der Waals surface area (Å²) in [5.41, 5.74) is 2.87. The van der Waals surface area contributed by atoms with Gasteiger partial charge in [0.05, 0.1) is 32.9 Å². The Kier molecular flexibility index (Phi) is 5.87. The molecule has 0 aliphatic carbocycles. The van der Waals surface area contributed by atoms with E-state index in [1.807, 2.05) is 6.07 Å². The number of aryl methyl sites for hydroxylation is 1. The molecule has 0 atom stereocenters. The minimum atomic E-state index is -0.409. The molecule has 1 aliphatic heterocycles. The Morgan fingerprint density at radius 3 is 2.61 bits per heavy atom. The number of carbonyl (C=O) groups is 2. The molecule has 0 unspecified atom stereocenters. The van der Waals surface area contributed by atoms with E-state index in [-0.39, 0.29) is 12.3 Å². The second-order valence-corrected chi connectivity index (χ2v) is 6.55. The van der Waals surface area contributed by atoms with Gasteiger partial charge in [-0.25, -0.2) is 4.79 Å². The number of rotatable bonds is 6. The molecule has 0 fully saturated rings. The number of methoxy groups -OCH3 is 2. The van der Waals surface area contributed by atoms with Crippen molar-refractivity contribution in [2.45, 2.75) is 26.3 Å². The van der Waals surface area contributed by atoms with Crippen molar-refractivity contribution in [3.63, 3.8) is 0 Å². The zero-order valence-corrected chi connectivity index (χ0v) is 16.7.